The van der Waals surface area contributed by atoms with Crippen molar-refractivity contribution in [2.45, 2.75) is 12.2 Å². The Morgan fingerprint density at radius 1 is 0.788 bits per heavy atom. The van der Waals surface area contributed by atoms with Gasteiger partial charge in [0.05, 0.1) is 23.6 Å². The van der Waals surface area contributed by atoms with Crippen molar-refractivity contribution in [2.75, 3.05) is 12.4 Å². The third kappa shape index (κ3) is 5.85. The molecule has 1 heterocycles. The van der Waals surface area contributed by atoms with Crippen LogP contribution < -0.4 is 4.74 Å². The molecule has 3 aromatic carbocycles. The average Bonchev–Trinajstić information content (AvgIpc) is 2.75. The Labute approximate surface area is 191 Å². The van der Waals surface area contributed by atoms with E-state index in [0.717, 1.165) is 27.2 Å². The monoisotopic (exact) mass is 487 g/mol. The quantitative estimate of drug-likeness (QED) is 0.216. The minimum atomic E-state index is -4.16. The third-order valence-electron chi connectivity index (χ3n) is 5.06. The summed E-state index contributed by atoms with van der Waals surface area (Å²) < 4.78 is 67.8. The number of hydrogen-bond acceptors (Lipinski definition) is 6. The Morgan fingerprint density at radius 2 is 1.52 bits per heavy atom. The summed E-state index contributed by atoms with van der Waals surface area (Å²) in [6.45, 7) is 0.146. The minimum absolute atomic E-state index is 0.146. The lowest BCUT2D eigenvalue weighted by Gasteiger charge is -2.12. The Bertz CT molecular complexity index is 1530. The molecule has 1 aromatic heterocycles. The summed E-state index contributed by atoms with van der Waals surface area (Å²) in [5, 5.41) is 2.52. The van der Waals surface area contributed by atoms with Crippen LogP contribution in [0.15, 0.2) is 66.7 Å². The minimum Gasteiger partial charge on any atom is -0.494 e. The zero-order chi connectivity index (χ0) is 23.6. The molecule has 8 nitrogen and oxygen atoms in total. The molecule has 0 unspecified atom stereocenters. The molecule has 0 saturated heterocycles. The topological polar surface area (TPSA) is 131 Å². The summed E-state index contributed by atoms with van der Waals surface area (Å²) >= 11 is 0. The molecule has 33 heavy (non-hydrogen) atoms. The van der Waals surface area contributed by atoms with E-state index in [2.05, 4.69) is 0 Å². The summed E-state index contributed by atoms with van der Waals surface area (Å²) in [5.74, 6) is -0.287. The standard InChI is InChI=1S/C23H21NO7S2/c25-32(26,27)13-3-12-31-18-9-7-17(8-10-18)23-20-11-6-16(15-33(28,29)30)14-21(20)19-4-1-2-5-22(19)24-23/h1-2,4-11,14H,3,12-13,15H2,(H,25,26,27)(H,28,29,30). The number of para-hydroxylation sites is 1. The summed E-state index contributed by atoms with van der Waals surface area (Å²) in [6.07, 6.45) is 0.170. The summed E-state index contributed by atoms with van der Waals surface area (Å²) in [6, 6.07) is 19.9. The van der Waals surface area contributed by atoms with E-state index in [-0.39, 0.29) is 18.8 Å². The number of benzene rings is 3. The maximum absolute atomic E-state index is 11.4. The van der Waals surface area contributed by atoms with Crippen LogP contribution in [0.25, 0.3) is 32.9 Å². The molecule has 0 aliphatic carbocycles. The van der Waals surface area contributed by atoms with E-state index in [1.807, 2.05) is 36.4 Å². The summed E-state index contributed by atoms with van der Waals surface area (Å²) in [7, 11) is -8.17. The lowest BCUT2D eigenvalue weighted by Crippen LogP contribution is -2.08. The molecule has 0 atom stereocenters. The van der Waals surface area contributed by atoms with Crippen LogP contribution in [0.1, 0.15) is 12.0 Å². The van der Waals surface area contributed by atoms with Gasteiger partial charge in [-0.2, -0.15) is 16.8 Å². The number of rotatable bonds is 8. The van der Waals surface area contributed by atoms with Gasteiger partial charge in [-0.05, 0) is 53.8 Å². The highest BCUT2D eigenvalue weighted by atomic mass is 32.2. The highest BCUT2D eigenvalue weighted by molar-refractivity contribution is 7.85. The smallest absolute Gasteiger partial charge is 0.269 e. The molecule has 0 fully saturated rings. The van der Waals surface area contributed by atoms with Crippen molar-refractivity contribution in [1.82, 2.24) is 4.98 Å². The Kier molecular flexibility index (Phi) is 6.35. The Balaban J connectivity index is 1.69. The molecule has 10 heteroatoms. The molecule has 0 bridgehead atoms. The van der Waals surface area contributed by atoms with Gasteiger partial charge in [0.25, 0.3) is 20.2 Å². The normalized spacial score (nSPS) is 12.3. The van der Waals surface area contributed by atoms with Crippen molar-refractivity contribution in [1.29, 1.82) is 0 Å². The molecule has 0 saturated carbocycles. The van der Waals surface area contributed by atoms with E-state index in [0.29, 0.717) is 17.0 Å². The molecule has 0 amide bonds. The molecule has 0 aliphatic rings. The highest BCUT2D eigenvalue weighted by Crippen LogP contribution is 2.34. The summed E-state index contributed by atoms with van der Waals surface area (Å²) in [5.41, 5.74) is 2.74. The molecular formula is C23H21NO7S2. The van der Waals surface area contributed by atoms with Crippen LogP contribution in [0.2, 0.25) is 0 Å². The Morgan fingerprint density at radius 3 is 2.21 bits per heavy atom. The van der Waals surface area contributed by atoms with E-state index in [4.69, 9.17) is 14.3 Å². The lowest BCUT2D eigenvalue weighted by atomic mass is 9.98. The van der Waals surface area contributed by atoms with Gasteiger partial charge < -0.3 is 4.74 Å². The highest BCUT2D eigenvalue weighted by Gasteiger charge is 2.13. The Hall–Kier alpha value is -3.05. The number of hydrogen-bond donors (Lipinski definition) is 2. The van der Waals surface area contributed by atoms with Gasteiger partial charge in [-0.25, -0.2) is 4.98 Å². The lowest BCUT2D eigenvalue weighted by molar-refractivity contribution is 0.316. The van der Waals surface area contributed by atoms with Gasteiger partial charge in [0.15, 0.2) is 0 Å². The van der Waals surface area contributed by atoms with Gasteiger partial charge in [0, 0.05) is 16.3 Å². The first-order chi connectivity index (χ1) is 15.6. The zero-order valence-corrected chi connectivity index (χ0v) is 19.0. The number of fused-ring (bicyclic) bond motifs is 3. The SMILES string of the molecule is O=S(=O)(O)CCCOc1ccc(-c2nc3ccccc3c3cc(CS(=O)(=O)O)ccc23)cc1. The van der Waals surface area contributed by atoms with Crippen molar-refractivity contribution in [3.05, 3.63) is 72.3 Å². The van der Waals surface area contributed by atoms with Crippen molar-refractivity contribution < 1.29 is 30.7 Å². The van der Waals surface area contributed by atoms with Crippen LogP contribution in [0.4, 0.5) is 0 Å². The number of nitrogens with zero attached hydrogens (tertiary/aromatic N) is 1. The predicted octanol–water partition coefficient (Wildman–Crippen LogP) is 4.10. The van der Waals surface area contributed by atoms with E-state index in [9.17, 15) is 21.4 Å². The van der Waals surface area contributed by atoms with E-state index in [1.165, 1.54) is 0 Å². The van der Waals surface area contributed by atoms with Gasteiger partial charge in [0.1, 0.15) is 11.5 Å². The second-order valence-corrected chi connectivity index (χ2v) is 10.6. The number of aromatic nitrogens is 1. The molecule has 4 rings (SSSR count). The fourth-order valence-electron chi connectivity index (χ4n) is 3.66. The van der Waals surface area contributed by atoms with Crippen molar-refractivity contribution >= 4 is 41.9 Å². The van der Waals surface area contributed by atoms with Crippen LogP contribution in [0.3, 0.4) is 0 Å². The maximum atomic E-state index is 11.4. The first-order valence-corrected chi connectivity index (χ1v) is 13.3. The van der Waals surface area contributed by atoms with Crippen molar-refractivity contribution in [3.8, 4) is 17.0 Å². The molecule has 0 aliphatic heterocycles. The van der Waals surface area contributed by atoms with Crippen LogP contribution >= 0.6 is 0 Å². The molecular weight excluding hydrogens is 466 g/mol. The first kappa shape index (κ1) is 23.1. The van der Waals surface area contributed by atoms with Gasteiger partial charge in [0.2, 0.25) is 0 Å². The third-order valence-corrected chi connectivity index (χ3v) is 6.56. The van der Waals surface area contributed by atoms with E-state index >= 15 is 0 Å². The van der Waals surface area contributed by atoms with E-state index in [1.54, 1.807) is 30.3 Å². The van der Waals surface area contributed by atoms with Crippen LogP contribution in [0.5, 0.6) is 5.75 Å². The second-order valence-electron chi connectivity index (χ2n) is 7.60. The average molecular weight is 488 g/mol. The molecule has 0 spiro atoms. The van der Waals surface area contributed by atoms with Crippen LogP contribution in [-0.2, 0) is 26.0 Å². The summed E-state index contributed by atoms with van der Waals surface area (Å²) in [4.78, 5) is 4.81. The molecule has 4 aromatic rings. The molecule has 0 radical (unpaired) electrons. The van der Waals surface area contributed by atoms with Crippen LogP contribution in [-0.4, -0.2) is 43.3 Å². The largest absolute Gasteiger partial charge is 0.494 e. The molecule has 172 valence electrons. The molecule has 2 N–H and O–H groups in total. The maximum Gasteiger partial charge on any atom is 0.269 e. The first-order valence-electron chi connectivity index (χ1n) is 10.0. The van der Waals surface area contributed by atoms with Crippen LogP contribution in [0, 0.1) is 0 Å². The van der Waals surface area contributed by atoms with Gasteiger partial charge >= 0.3 is 0 Å². The van der Waals surface area contributed by atoms with E-state index < -0.39 is 26.0 Å². The number of ether oxygens (including phenoxy) is 1. The second kappa shape index (κ2) is 9.06. The van der Waals surface area contributed by atoms with Crippen molar-refractivity contribution in [3.63, 3.8) is 0 Å². The number of pyridine rings is 1. The van der Waals surface area contributed by atoms with Gasteiger partial charge in [-0.3, -0.25) is 9.11 Å². The van der Waals surface area contributed by atoms with Crippen molar-refractivity contribution in [2.24, 2.45) is 0 Å². The fraction of sp³-hybridized carbons (Fsp3) is 0.174. The zero-order valence-electron chi connectivity index (χ0n) is 17.4. The predicted molar refractivity (Wildman–Crippen MR) is 126 cm³/mol. The van der Waals surface area contributed by atoms with Gasteiger partial charge in [-0.1, -0.05) is 30.3 Å². The van der Waals surface area contributed by atoms with Gasteiger partial charge in [-0.15, -0.1) is 0 Å². The fourth-order valence-corrected chi connectivity index (χ4v) is 4.74.